The van der Waals surface area contributed by atoms with Crippen molar-refractivity contribution in [3.63, 3.8) is 0 Å². The van der Waals surface area contributed by atoms with Crippen LogP contribution in [0.25, 0.3) is 6.08 Å². The number of hydrogen-bond acceptors (Lipinski definition) is 6. The lowest BCUT2D eigenvalue weighted by Crippen LogP contribution is -2.30. The molecule has 4 N–H and O–H groups in total. The van der Waals surface area contributed by atoms with Crippen molar-refractivity contribution in [2.45, 2.75) is 4.90 Å². The molecule has 13 heteroatoms. The number of halogens is 4. The molecular formula is C31H23F4N3O5S. The summed E-state index contributed by atoms with van der Waals surface area (Å²) >= 11 is 0.914. The SMILES string of the molecule is COc1cc(O)ccc1/C=C(/NC(=O)c1ccccc1)C(=O)Nc1cccc(SCC(=O)Nc2c(F)c(F)cc(F)c2F)c1. The van der Waals surface area contributed by atoms with Crippen LogP contribution in [0.4, 0.5) is 28.9 Å². The van der Waals surface area contributed by atoms with Gasteiger partial charge < -0.3 is 25.8 Å². The molecule has 4 aromatic rings. The maximum Gasteiger partial charge on any atom is 0.272 e. The summed E-state index contributed by atoms with van der Waals surface area (Å²) < 4.78 is 59.9. The van der Waals surface area contributed by atoms with E-state index in [2.05, 4.69) is 10.6 Å². The number of benzene rings is 4. The summed E-state index contributed by atoms with van der Waals surface area (Å²) in [5.41, 5.74) is -0.461. The predicted molar refractivity (Wildman–Crippen MR) is 157 cm³/mol. The average molecular weight is 626 g/mol. The van der Waals surface area contributed by atoms with Gasteiger partial charge in [-0.3, -0.25) is 14.4 Å². The van der Waals surface area contributed by atoms with Crippen LogP contribution < -0.4 is 20.7 Å². The van der Waals surface area contributed by atoms with E-state index in [0.29, 0.717) is 16.0 Å². The van der Waals surface area contributed by atoms with Crippen molar-refractivity contribution in [2.75, 3.05) is 23.5 Å². The van der Waals surface area contributed by atoms with E-state index in [4.69, 9.17) is 4.74 Å². The van der Waals surface area contributed by atoms with Crippen LogP contribution in [0.2, 0.25) is 0 Å². The Kier molecular flexibility index (Phi) is 10.2. The summed E-state index contributed by atoms with van der Waals surface area (Å²) in [6, 6.07) is 18.6. The Morgan fingerprint density at radius 2 is 1.57 bits per heavy atom. The maximum atomic E-state index is 13.9. The zero-order valence-electron chi connectivity index (χ0n) is 22.8. The first-order valence-corrected chi connectivity index (χ1v) is 13.7. The molecule has 0 radical (unpaired) electrons. The number of carbonyl (C=O) groups is 3. The quantitative estimate of drug-likeness (QED) is 0.0733. The summed E-state index contributed by atoms with van der Waals surface area (Å²) in [6.45, 7) is 0. The number of amides is 3. The first-order chi connectivity index (χ1) is 21.0. The van der Waals surface area contributed by atoms with E-state index in [0.717, 1.165) is 11.8 Å². The number of aromatic hydroxyl groups is 1. The number of methoxy groups -OCH3 is 1. The van der Waals surface area contributed by atoms with Gasteiger partial charge in [-0.25, -0.2) is 17.6 Å². The van der Waals surface area contributed by atoms with Crippen LogP contribution in [0.15, 0.2) is 89.5 Å². The molecule has 0 unspecified atom stereocenters. The molecule has 0 aliphatic heterocycles. The number of rotatable bonds is 10. The van der Waals surface area contributed by atoms with Gasteiger partial charge >= 0.3 is 0 Å². The third-order valence-corrected chi connectivity index (χ3v) is 6.88. The van der Waals surface area contributed by atoms with Crippen molar-refractivity contribution in [2.24, 2.45) is 0 Å². The smallest absolute Gasteiger partial charge is 0.272 e. The number of hydrogen-bond donors (Lipinski definition) is 4. The Balaban J connectivity index is 1.50. The molecule has 8 nitrogen and oxygen atoms in total. The third kappa shape index (κ3) is 7.95. The van der Waals surface area contributed by atoms with E-state index in [1.165, 1.54) is 37.5 Å². The fourth-order valence-corrected chi connectivity index (χ4v) is 4.54. The largest absolute Gasteiger partial charge is 0.508 e. The number of carbonyl (C=O) groups excluding carboxylic acids is 3. The second-order valence-corrected chi connectivity index (χ2v) is 10.0. The molecular weight excluding hydrogens is 602 g/mol. The Hall–Kier alpha value is -5.30. The normalized spacial score (nSPS) is 11.1. The van der Waals surface area contributed by atoms with Crippen molar-refractivity contribution in [3.8, 4) is 11.5 Å². The summed E-state index contributed by atoms with van der Waals surface area (Å²) in [4.78, 5) is 39.0. The van der Waals surface area contributed by atoms with Crippen LogP contribution in [0.1, 0.15) is 15.9 Å². The summed E-state index contributed by atoms with van der Waals surface area (Å²) in [5.74, 6) is -9.24. The molecule has 44 heavy (non-hydrogen) atoms. The fraction of sp³-hybridized carbons (Fsp3) is 0.0645. The van der Waals surface area contributed by atoms with E-state index < -0.39 is 52.4 Å². The first-order valence-electron chi connectivity index (χ1n) is 12.7. The molecule has 4 aromatic carbocycles. The lowest BCUT2D eigenvalue weighted by molar-refractivity contribution is -0.114. The molecule has 0 bridgehead atoms. The van der Waals surface area contributed by atoms with E-state index in [1.807, 2.05) is 5.32 Å². The molecule has 0 spiro atoms. The highest BCUT2D eigenvalue weighted by Gasteiger charge is 2.21. The summed E-state index contributed by atoms with van der Waals surface area (Å²) in [6.07, 6.45) is 1.37. The summed E-state index contributed by atoms with van der Waals surface area (Å²) in [7, 11) is 1.38. The Morgan fingerprint density at radius 1 is 0.864 bits per heavy atom. The van der Waals surface area contributed by atoms with E-state index in [9.17, 15) is 37.1 Å². The molecule has 0 heterocycles. The van der Waals surface area contributed by atoms with Crippen LogP contribution in [-0.2, 0) is 9.59 Å². The number of phenolic OH excluding ortho intramolecular Hbond substituents is 1. The monoisotopic (exact) mass is 625 g/mol. The Morgan fingerprint density at radius 3 is 2.25 bits per heavy atom. The molecule has 0 aliphatic rings. The van der Waals surface area contributed by atoms with Gasteiger partial charge in [0.1, 0.15) is 22.9 Å². The van der Waals surface area contributed by atoms with Crippen molar-refractivity contribution in [3.05, 3.63) is 119 Å². The average Bonchev–Trinajstić information content (AvgIpc) is 3.02. The van der Waals surface area contributed by atoms with Crippen LogP contribution in [0, 0.1) is 23.3 Å². The van der Waals surface area contributed by atoms with Gasteiger partial charge in [-0.05, 0) is 48.5 Å². The third-order valence-electron chi connectivity index (χ3n) is 5.88. The highest BCUT2D eigenvalue weighted by atomic mass is 32.2. The van der Waals surface area contributed by atoms with Crippen molar-refractivity contribution in [1.29, 1.82) is 0 Å². The maximum absolute atomic E-state index is 13.9. The number of thioether (sulfide) groups is 1. The zero-order valence-corrected chi connectivity index (χ0v) is 23.6. The van der Waals surface area contributed by atoms with E-state index in [-0.39, 0.29) is 28.9 Å². The molecule has 226 valence electrons. The van der Waals surface area contributed by atoms with Gasteiger partial charge in [-0.15, -0.1) is 11.8 Å². The minimum atomic E-state index is -1.74. The fourth-order valence-electron chi connectivity index (χ4n) is 3.79. The van der Waals surface area contributed by atoms with Gasteiger partial charge in [0.05, 0.1) is 12.9 Å². The van der Waals surface area contributed by atoms with Gasteiger partial charge in [-0.1, -0.05) is 24.3 Å². The highest BCUT2D eigenvalue weighted by molar-refractivity contribution is 8.00. The molecule has 4 rings (SSSR count). The second kappa shape index (κ2) is 14.2. The number of phenols is 1. The molecule has 0 aliphatic carbocycles. The Labute approximate surface area is 252 Å². The highest BCUT2D eigenvalue weighted by Crippen LogP contribution is 2.28. The topological polar surface area (TPSA) is 117 Å². The molecule has 0 aromatic heterocycles. The minimum Gasteiger partial charge on any atom is -0.508 e. The van der Waals surface area contributed by atoms with Crippen molar-refractivity contribution >= 4 is 46.9 Å². The van der Waals surface area contributed by atoms with Crippen molar-refractivity contribution < 1.29 is 41.8 Å². The first kappa shape index (κ1) is 31.6. The lowest BCUT2D eigenvalue weighted by atomic mass is 10.1. The molecule has 0 atom stereocenters. The molecule has 0 fully saturated rings. The minimum absolute atomic E-state index is 0.0315. The lowest BCUT2D eigenvalue weighted by Gasteiger charge is -2.13. The van der Waals surface area contributed by atoms with Gasteiger partial charge in [0, 0.05) is 33.8 Å². The van der Waals surface area contributed by atoms with Crippen molar-refractivity contribution in [1.82, 2.24) is 5.32 Å². The second-order valence-electron chi connectivity index (χ2n) is 8.97. The van der Waals surface area contributed by atoms with Crippen LogP contribution >= 0.6 is 11.8 Å². The molecule has 0 saturated carbocycles. The standard InChI is InChI=1S/C31H23F4N3O5S/c1-43-25-14-20(39)11-10-18(25)12-24(37-30(41)17-6-3-2-4-7-17)31(42)36-19-8-5-9-21(13-19)44-16-26(40)38-29-27(34)22(32)15-23(33)28(29)35/h2-15,39H,16H2,1H3,(H,36,42)(H,37,41)(H,38,40)/b24-12+. The number of anilines is 2. The van der Waals surface area contributed by atoms with Crippen LogP contribution in [0.3, 0.4) is 0 Å². The number of ether oxygens (including phenoxy) is 1. The number of nitrogens with one attached hydrogen (secondary N) is 3. The van der Waals surface area contributed by atoms with Crippen LogP contribution in [0.5, 0.6) is 11.5 Å². The van der Waals surface area contributed by atoms with Gasteiger partial charge in [0.2, 0.25) is 5.91 Å². The zero-order chi connectivity index (χ0) is 31.8. The molecule has 0 saturated heterocycles. The van der Waals surface area contributed by atoms with E-state index in [1.54, 1.807) is 48.5 Å². The predicted octanol–water partition coefficient (Wildman–Crippen LogP) is 6.10. The van der Waals surface area contributed by atoms with Gasteiger partial charge in [0.15, 0.2) is 23.3 Å². The van der Waals surface area contributed by atoms with Gasteiger partial charge in [-0.2, -0.15) is 0 Å². The van der Waals surface area contributed by atoms with Gasteiger partial charge in [0.25, 0.3) is 11.8 Å². The van der Waals surface area contributed by atoms with E-state index >= 15 is 0 Å². The Bertz CT molecular complexity index is 1730. The van der Waals surface area contributed by atoms with Crippen LogP contribution in [-0.4, -0.2) is 35.7 Å². The summed E-state index contributed by atoms with van der Waals surface area (Å²) in [5, 5.41) is 16.8. The molecule has 3 amide bonds.